The number of carbonyl (C=O) groups is 1. The van der Waals surface area contributed by atoms with Gasteiger partial charge < -0.3 is 24.3 Å². The highest BCUT2D eigenvalue weighted by atomic mass is 16.6. The van der Waals surface area contributed by atoms with Crippen LogP contribution in [0.1, 0.15) is 30.5 Å². The summed E-state index contributed by atoms with van der Waals surface area (Å²) in [5.41, 5.74) is 3.42. The van der Waals surface area contributed by atoms with Crippen LogP contribution in [0.25, 0.3) is 10.9 Å². The van der Waals surface area contributed by atoms with E-state index in [1.54, 1.807) is 9.80 Å². The molecule has 0 radical (unpaired) electrons. The summed E-state index contributed by atoms with van der Waals surface area (Å²) in [5.74, 6) is 0. The fourth-order valence-electron chi connectivity index (χ4n) is 3.85. The van der Waals surface area contributed by atoms with Crippen LogP contribution in [-0.2, 0) is 16.0 Å². The first-order valence-electron chi connectivity index (χ1n) is 10.3. The molecule has 158 valence electrons. The summed E-state index contributed by atoms with van der Waals surface area (Å²) in [6.45, 7) is 11.3. The average molecular weight is 402 g/mol. The van der Waals surface area contributed by atoms with Gasteiger partial charge in [-0.3, -0.25) is 4.79 Å². The predicted molar refractivity (Wildman–Crippen MR) is 113 cm³/mol. The molecule has 1 fully saturated rings. The Labute approximate surface area is 171 Å². The Morgan fingerprint density at radius 2 is 1.90 bits per heavy atom. The zero-order valence-electron chi connectivity index (χ0n) is 17.8. The van der Waals surface area contributed by atoms with Crippen molar-refractivity contribution in [3.63, 3.8) is 0 Å². The number of pyridine rings is 1. The van der Waals surface area contributed by atoms with Crippen LogP contribution in [0.5, 0.6) is 0 Å². The second-order valence-corrected chi connectivity index (χ2v) is 7.57. The highest BCUT2D eigenvalue weighted by Crippen LogP contribution is 2.19. The number of benzene rings is 1. The molecule has 0 spiro atoms. The Morgan fingerprint density at radius 1 is 1.14 bits per heavy atom. The van der Waals surface area contributed by atoms with E-state index in [1.165, 1.54) is 0 Å². The fraction of sp³-hybridized carbons (Fsp3) is 0.545. The van der Waals surface area contributed by atoms with E-state index in [9.17, 15) is 9.59 Å². The number of amides is 2. The van der Waals surface area contributed by atoms with E-state index in [4.69, 9.17) is 9.47 Å². The highest BCUT2D eigenvalue weighted by molar-refractivity contribution is 5.83. The average Bonchev–Trinajstić information content (AvgIpc) is 2.70. The van der Waals surface area contributed by atoms with Gasteiger partial charge in [-0.05, 0) is 50.8 Å². The van der Waals surface area contributed by atoms with Gasteiger partial charge in [0.2, 0.25) is 0 Å². The maximum Gasteiger partial charge on any atom is 0.320 e. The summed E-state index contributed by atoms with van der Waals surface area (Å²) < 4.78 is 11.2. The molecule has 0 aliphatic carbocycles. The van der Waals surface area contributed by atoms with Crippen molar-refractivity contribution in [2.75, 3.05) is 39.5 Å². The van der Waals surface area contributed by atoms with E-state index in [1.807, 2.05) is 33.8 Å². The Morgan fingerprint density at radius 3 is 2.55 bits per heavy atom. The summed E-state index contributed by atoms with van der Waals surface area (Å²) in [5, 5.41) is 0.976. The minimum atomic E-state index is -0.188. The number of aryl methyl sites for hydroxylation is 2. The number of H-pyrrole nitrogens is 1. The smallest absolute Gasteiger partial charge is 0.320 e. The first-order chi connectivity index (χ1) is 13.9. The molecule has 29 heavy (non-hydrogen) atoms. The molecular weight excluding hydrogens is 370 g/mol. The molecule has 0 bridgehead atoms. The van der Waals surface area contributed by atoms with Crippen LogP contribution in [0.2, 0.25) is 0 Å². The maximum atomic E-state index is 13.1. The lowest BCUT2D eigenvalue weighted by Crippen LogP contribution is -2.48. The predicted octanol–water partition coefficient (Wildman–Crippen LogP) is 2.82. The Kier molecular flexibility index (Phi) is 6.92. The molecule has 1 saturated heterocycles. The van der Waals surface area contributed by atoms with Gasteiger partial charge >= 0.3 is 6.03 Å². The van der Waals surface area contributed by atoms with Crippen molar-refractivity contribution in [2.24, 2.45) is 0 Å². The molecule has 2 heterocycles. The third kappa shape index (κ3) is 4.97. The van der Waals surface area contributed by atoms with Crippen LogP contribution >= 0.6 is 0 Å². The lowest BCUT2D eigenvalue weighted by Gasteiger charge is -2.33. The number of nitrogens with zero attached hydrogens (tertiary/aromatic N) is 2. The van der Waals surface area contributed by atoms with Gasteiger partial charge in [0.1, 0.15) is 0 Å². The minimum Gasteiger partial charge on any atom is -0.376 e. The van der Waals surface area contributed by atoms with Gasteiger partial charge in [-0.25, -0.2) is 4.79 Å². The second kappa shape index (κ2) is 9.41. The van der Waals surface area contributed by atoms with Crippen molar-refractivity contribution in [1.82, 2.24) is 14.8 Å². The molecule has 2 aromatic rings. The Bertz CT molecular complexity index is 914. The van der Waals surface area contributed by atoms with Crippen LogP contribution < -0.4 is 5.56 Å². The molecule has 1 aliphatic rings. The second-order valence-electron chi connectivity index (χ2n) is 7.57. The van der Waals surface area contributed by atoms with Crippen LogP contribution in [0.3, 0.4) is 0 Å². The van der Waals surface area contributed by atoms with Gasteiger partial charge in [0.15, 0.2) is 0 Å². The number of hydrogen-bond acceptors (Lipinski definition) is 4. The number of hydrogen-bond donors (Lipinski definition) is 1. The molecule has 0 saturated carbocycles. The molecule has 3 rings (SSSR count). The van der Waals surface area contributed by atoms with Crippen molar-refractivity contribution in [2.45, 2.75) is 40.3 Å². The molecular formula is C22H31N3O4. The number of fused-ring (bicyclic) bond motifs is 1. The quantitative estimate of drug-likeness (QED) is 0.808. The largest absolute Gasteiger partial charge is 0.376 e. The lowest BCUT2D eigenvalue weighted by molar-refractivity contribution is -0.0953. The SMILES string of the molecule is CCN(CC)C(=O)N(Cc1cc2cc(C)cc(C)c2[nH]c1=O)C[C@@H]1COCCO1. The van der Waals surface area contributed by atoms with Crippen molar-refractivity contribution >= 4 is 16.9 Å². The van der Waals surface area contributed by atoms with E-state index in [-0.39, 0.29) is 24.2 Å². The number of nitrogens with one attached hydrogen (secondary N) is 1. The highest BCUT2D eigenvalue weighted by Gasteiger charge is 2.25. The summed E-state index contributed by atoms with van der Waals surface area (Å²) in [7, 11) is 0. The molecule has 1 aliphatic heterocycles. The number of urea groups is 1. The van der Waals surface area contributed by atoms with Crippen molar-refractivity contribution in [3.05, 3.63) is 45.2 Å². The van der Waals surface area contributed by atoms with Gasteiger partial charge in [0, 0.05) is 18.7 Å². The normalized spacial score (nSPS) is 16.8. The summed E-state index contributed by atoms with van der Waals surface area (Å²) >= 11 is 0. The minimum absolute atomic E-state index is 0.0934. The monoisotopic (exact) mass is 401 g/mol. The lowest BCUT2D eigenvalue weighted by atomic mass is 10.1. The van der Waals surface area contributed by atoms with Gasteiger partial charge in [0.05, 0.1) is 44.5 Å². The molecule has 7 nitrogen and oxygen atoms in total. The standard InChI is InChI=1S/C22H31N3O4/c1-5-24(6-2)22(27)25(13-19-14-28-7-8-29-19)12-18-11-17-10-15(3)9-16(4)20(17)23-21(18)26/h9-11,19H,5-8,12-14H2,1-4H3,(H,23,26)/t19-/m1/s1. The molecule has 1 N–H and O–H groups in total. The molecule has 1 atom stereocenters. The Balaban J connectivity index is 1.92. The molecule has 0 unspecified atom stereocenters. The molecule has 1 aromatic carbocycles. The van der Waals surface area contributed by atoms with E-state index in [2.05, 4.69) is 17.1 Å². The zero-order chi connectivity index (χ0) is 21.0. The fourth-order valence-corrected chi connectivity index (χ4v) is 3.85. The van der Waals surface area contributed by atoms with Crippen LogP contribution in [0.15, 0.2) is 23.0 Å². The van der Waals surface area contributed by atoms with Crippen molar-refractivity contribution in [1.29, 1.82) is 0 Å². The first-order valence-corrected chi connectivity index (χ1v) is 10.3. The number of rotatable bonds is 6. The maximum absolute atomic E-state index is 13.1. The Hall–Kier alpha value is -2.38. The van der Waals surface area contributed by atoms with Gasteiger partial charge in [0.25, 0.3) is 5.56 Å². The number of aromatic nitrogens is 1. The van der Waals surface area contributed by atoms with Crippen LogP contribution in [0, 0.1) is 13.8 Å². The van der Waals surface area contributed by atoms with Crippen molar-refractivity contribution in [3.8, 4) is 0 Å². The third-order valence-corrected chi connectivity index (χ3v) is 5.34. The number of carbonyl (C=O) groups excluding carboxylic acids is 1. The van der Waals surface area contributed by atoms with Gasteiger partial charge in [-0.1, -0.05) is 11.6 Å². The van der Waals surface area contributed by atoms with E-state index >= 15 is 0 Å². The summed E-state index contributed by atoms with van der Waals surface area (Å²) in [6.07, 6.45) is -0.188. The molecule has 7 heteroatoms. The van der Waals surface area contributed by atoms with Gasteiger partial charge in [-0.2, -0.15) is 0 Å². The summed E-state index contributed by atoms with van der Waals surface area (Å²) in [6, 6.07) is 5.91. The van der Waals surface area contributed by atoms with E-state index in [0.29, 0.717) is 45.0 Å². The van der Waals surface area contributed by atoms with Crippen molar-refractivity contribution < 1.29 is 14.3 Å². The number of ether oxygens (including phenoxy) is 2. The topological polar surface area (TPSA) is 74.9 Å². The third-order valence-electron chi connectivity index (χ3n) is 5.34. The van der Waals surface area contributed by atoms with Crippen LogP contribution in [-0.4, -0.2) is 66.4 Å². The molecule has 1 aromatic heterocycles. The van der Waals surface area contributed by atoms with Crippen LogP contribution in [0.4, 0.5) is 4.79 Å². The number of aromatic amines is 1. The molecule has 2 amide bonds. The summed E-state index contributed by atoms with van der Waals surface area (Å²) in [4.78, 5) is 32.3. The van der Waals surface area contributed by atoms with Gasteiger partial charge in [-0.15, -0.1) is 0 Å². The van der Waals surface area contributed by atoms with E-state index in [0.717, 1.165) is 22.0 Å². The first kappa shape index (κ1) is 21.3. The zero-order valence-corrected chi connectivity index (χ0v) is 17.8. The van der Waals surface area contributed by atoms with E-state index < -0.39 is 0 Å².